The van der Waals surface area contributed by atoms with Gasteiger partial charge < -0.3 is 9.13 Å². The van der Waals surface area contributed by atoms with E-state index in [1.165, 1.54) is 65.9 Å². The normalized spacial score (nSPS) is 26.3. The highest BCUT2D eigenvalue weighted by atomic mass is 31.2. The SMILES string of the molecule is O=P(c1ccccc1)(c1ccccc1)c1ccc(C23CC4CC(C2)CC(n2c5ccccc5c5ccccc52)(C4)C3)cc1. The lowest BCUT2D eigenvalue weighted by molar-refractivity contribution is -0.0588. The summed E-state index contributed by atoms with van der Waals surface area (Å²) in [6.45, 7) is 0. The van der Waals surface area contributed by atoms with Crippen LogP contribution in [0.2, 0.25) is 0 Å². The third-order valence-electron chi connectivity index (χ3n) is 11.2. The molecule has 3 heteroatoms. The second kappa shape index (κ2) is 9.31. The summed E-state index contributed by atoms with van der Waals surface area (Å²) in [5.74, 6) is 1.50. The van der Waals surface area contributed by atoms with Gasteiger partial charge in [0.25, 0.3) is 0 Å². The van der Waals surface area contributed by atoms with Gasteiger partial charge in [-0.3, -0.25) is 0 Å². The largest absolute Gasteiger partial charge is 0.334 e. The van der Waals surface area contributed by atoms with E-state index >= 15 is 4.57 Å². The first-order chi connectivity index (χ1) is 21.1. The average Bonchev–Trinajstić information content (AvgIpc) is 3.40. The van der Waals surface area contributed by atoms with Gasteiger partial charge in [0.1, 0.15) is 0 Å². The molecular formula is C40H36NOP. The molecule has 2 unspecified atom stereocenters. The summed E-state index contributed by atoms with van der Waals surface area (Å²) in [6.07, 6.45) is 7.67. The Kier molecular flexibility index (Phi) is 5.55. The molecule has 10 rings (SSSR count). The van der Waals surface area contributed by atoms with Gasteiger partial charge in [-0.1, -0.05) is 121 Å². The van der Waals surface area contributed by atoms with E-state index in [1.807, 2.05) is 60.7 Å². The van der Waals surface area contributed by atoms with Gasteiger partial charge in [-0.15, -0.1) is 0 Å². The Labute approximate surface area is 253 Å². The number of fused-ring (bicyclic) bond motifs is 3. The predicted octanol–water partition coefficient (Wildman–Crippen LogP) is 8.68. The zero-order chi connectivity index (χ0) is 28.6. The summed E-state index contributed by atoms with van der Waals surface area (Å²) in [5, 5.41) is 5.48. The van der Waals surface area contributed by atoms with Crippen LogP contribution in [-0.2, 0) is 15.5 Å². The molecule has 0 aliphatic heterocycles. The third-order valence-corrected chi connectivity index (χ3v) is 14.2. The number of hydrogen-bond acceptors (Lipinski definition) is 1. The van der Waals surface area contributed by atoms with Crippen LogP contribution in [0.25, 0.3) is 21.8 Å². The Hall–Kier alpha value is -3.87. The van der Waals surface area contributed by atoms with Crippen molar-refractivity contribution in [2.24, 2.45) is 11.8 Å². The molecule has 6 aromatic rings. The maximum atomic E-state index is 15.0. The summed E-state index contributed by atoms with van der Waals surface area (Å²) in [4.78, 5) is 0. The Morgan fingerprint density at radius 2 is 1.00 bits per heavy atom. The van der Waals surface area contributed by atoms with Crippen molar-refractivity contribution in [3.05, 3.63) is 139 Å². The van der Waals surface area contributed by atoms with E-state index in [0.29, 0.717) is 0 Å². The zero-order valence-corrected chi connectivity index (χ0v) is 25.3. The highest BCUT2D eigenvalue weighted by molar-refractivity contribution is 7.85. The minimum absolute atomic E-state index is 0.134. The summed E-state index contributed by atoms with van der Waals surface area (Å²) in [7, 11) is -2.98. The first kappa shape index (κ1) is 25.6. The molecule has 2 nitrogen and oxygen atoms in total. The van der Waals surface area contributed by atoms with Gasteiger partial charge in [0.05, 0.1) is 0 Å². The molecule has 1 heterocycles. The second-order valence-corrected chi connectivity index (χ2v) is 16.4. The quantitative estimate of drug-likeness (QED) is 0.188. The highest BCUT2D eigenvalue weighted by Gasteiger charge is 2.59. The number of para-hydroxylation sites is 2. The highest BCUT2D eigenvalue weighted by Crippen LogP contribution is 2.65. The lowest BCUT2D eigenvalue weighted by atomic mass is 9.45. The minimum atomic E-state index is -2.98. The summed E-state index contributed by atoms with van der Waals surface area (Å²) in [5.41, 5.74) is 4.53. The van der Waals surface area contributed by atoms with Crippen LogP contribution in [0.1, 0.15) is 44.1 Å². The van der Waals surface area contributed by atoms with Crippen molar-refractivity contribution in [2.45, 2.75) is 49.5 Å². The molecule has 0 radical (unpaired) electrons. The van der Waals surface area contributed by atoms with Crippen molar-refractivity contribution in [1.82, 2.24) is 4.57 Å². The first-order valence-electron chi connectivity index (χ1n) is 15.9. The molecule has 5 aromatic carbocycles. The van der Waals surface area contributed by atoms with E-state index in [9.17, 15) is 0 Å². The smallest absolute Gasteiger partial charge is 0.171 e. The van der Waals surface area contributed by atoms with Crippen molar-refractivity contribution in [1.29, 1.82) is 0 Å². The van der Waals surface area contributed by atoms with Crippen molar-refractivity contribution in [3.8, 4) is 0 Å². The fourth-order valence-electron chi connectivity index (χ4n) is 10.00. The van der Waals surface area contributed by atoms with Crippen LogP contribution in [0.5, 0.6) is 0 Å². The van der Waals surface area contributed by atoms with E-state index in [4.69, 9.17) is 0 Å². The molecule has 1 aromatic heterocycles. The van der Waals surface area contributed by atoms with Crippen LogP contribution >= 0.6 is 7.14 Å². The second-order valence-electron chi connectivity index (χ2n) is 13.7. The van der Waals surface area contributed by atoms with Gasteiger partial charge in [-0.2, -0.15) is 0 Å². The predicted molar refractivity (Wildman–Crippen MR) is 180 cm³/mol. The fourth-order valence-corrected chi connectivity index (χ4v) is 12.6. The molecule has 43 heavy (non-hydrogen) atoms. The Morgan fingerprint density at radius 3 is 1.53 bits per heavy atom. The number of nitrogens with zero attached hydrogens (tertiary/aromatic N) is 1. The van der Waals surface area contributed by atoms with E-state index < -0.39 is 7.14 Å². The maximum absolute atomic E-state index is 15.0. The van der Waals surface area contributed by atoms with Crippen LogP contribution in [0.15, 0.2) is 133 Å². The molecule has 4 bridgehead atoms. The average molecular weight is 578 g/mol. The van der Waals surface area contributed by atoms with Gasteiger partial charge in [0, 0.05) is 43.3 Å². The molecule has 4 saturated carbocycles. The van der Waals surface area contributed by atoms with E-state index in [2.05, 4.69) is 77.4 Å². The number of benzene rings is 5. The summed E-state index contributed by atoms with van der Waals surface area (Å²) < 4.78 is 17.8. The number of hydrogen-bond donors (Lipinski definition) is 0. The third kappa shape index (κ3) is 3.69. The summed E-state index contributed by atoms with van der Waals surface area (Å²) >= 11 is 0. The van der Waals surface area contributed by atoms with E-state index in [0.717, 1.165) is 27.7 Å². The molecule has 0 amide bonds. The molecule has 4 aliphatic carbocycles. The monoisotopic (exact) mass is 577 g/mol. The first-order valence-corrected chi connectivity index (χ1v) is 17.6. The van der Waals surface area contributed by atoms with Gasteiger partial charge in [0.2, 0.25) is 0 Å². The summed E-state index contributed by atoms with van der Waals surface area (Å²) in [6, 6.07) is 47.3. The van der Waals surface area contributed by atoms with Crippen molar-refractivity contribution in [3.63, 3.8) is 0 Å². The molecule has 0 saturated heterocycles. The van der Waals surface area contributed by atoms with Crippen molar-refractivity contribution >= 4 is 44.9 Å². The van der Waals surface area contributed by atoms with Crippen LogP contribution in [0.3, 0.4) is 0 Å². The lowest BCUT2D eigenvalue weighted by Crippen LogP contribution is -2.58. The molecule has 2 atom stereocenters. The Bertz CT molecular complexity index is 1910. The maximum Gasteiger partial charge on any atom is 0.171 e. The molecule has 4 fully saturated rings. The molecule has 4 aliphatic rings. The van der Waals surface area contributed by atoms with Crippen LogP contribution in [0, 0.1) is 11.8 Å². The minimum Gasteiger partial charge on any atom is -0.334 e. The van der Waals surface area contributed by atoms with E-state index in [1.54, 1.807) is 0 Å². The molecule has 0 spiro atoms. The zero-order valence-electron chi connectivity index (χ0n) is 24.4. The van der Waals surface area contributed by atoms with E-state index in [-0.39, 0.29) is 11.0 Å². The Balaban J connectivity index is 1.16. The molecular weight excluding hydrogens is 541 g/mol. The van der Waals surface area contributed by atoms with Crippen LogP contribution in [-0.4, -0.2) is 4.57 Å². The van der Waals surface area contributed by atoms with Gasteiger partial charge in [-0.25, -0.2) is 0 Å². The number of aromatic nitrogens is 1. The van der Waals surface area contributed by atoms with Crippen LogP contribution < -0.4 is 15.9 Å². The fraction of sp³-hybridized carbons (Fsp3) is 0.250. The van der Waals surface area contributed by atoms with Gasteiger partial charge in [-0.05, 0) is 73.5 Å². The lowest BCUT2D eigenvalue weighted by Gasteiger charge is -2.63. The van der Waals surface area contributed by atoms with Crippen molar-refractivity contribution in [2.75, 3.05) is 0 Å². The topological polar surface area (TPSA) is 22.0 Å². The van der Waals surface area contributed by atoms with Crippen molar-refractivity contribution < 1.29 is 4.57 Å². The van der Waals surface area contributed by atoms with Gasteiger partial charge >= 0.3 is 0 Å². The van der Waals surface area contributed by atoms with Crippen LogP contribution in [0.4, 0.5) is 0 Å². The number of rotatable bonds is 5. The standard InChI is InChI=1S/C40H36NOP/c42-43(32-11-3-1-4-12-32,33-13-5-2-6-14-33)34-21-19-31(20-22-34)39-24-29-23-30(25-39)27-40(26-29,28-39)41-37-17-9-7-15-35(37)36-16-8-10-18-38(36)41/h1-22,29-30H,23-28H2. The molecule has 212 valence electrons. The molecule has 0 N–H and O–H groups in total. The van der Waals surface area contributed by atoms with Gasteiger partial charge in [0.15, 0.2) is 7.14 Å². The Morgan fingerprint density at radius 1 is 0.535 bits per heavy atom.